The van der Waals surface area contributed by atoms with Gasteiger partial charge in [-0.2, -0.15) is 0 Å². The molecular weight excluding hydrogens is 288 g/mol. The number of amides is 1. The van der Waals surface area contributed by atoms with Gasteiger partial charge in [0.25, 0.3) is 5.91 Å². The van der Waals surface area contributed by atoms with Crippen molar-refractivity contribution in [3.05, 3.63) is 29.3 Å². The summed E-state index contributed by atoms with van der Waals surface area (Å²) in [5.74, 6) is -0.593. The first-order valence-electron chi connectivity index (χ1n) is 6.89. The van der Waals surface area contributed by atoms with Gasteiger partial charge < -0.3 is 10.4 Å². The Hall–Kier alpha value is -1.95. The van der Waals surface area contributed by atoms with Crippen molar-refractivity contribution in [1.82, 2.24) is 10.3 Å². The van der Waals surface area contributed by atoms with Crippen molar-refractivity contribution in [3.8, 4) is 0 Å². The molecule has 1 amide bonds. The van der Waals surface area contributed by atoms with Gasteiger partial charge in [0, 0.05) is 18.5 Å². The van der Waals surface area contributed by atoms with Crippen molar-refractivity contribution in [1.29, 1.82) is 0 Å². The molecule has 2 N–H and O–H groups in total. The van der Waals surface area contributed by atoms with E-state index >= 15 is 0 Å². The van der Waals surface area contributed by atoms with Crippen LogP contribution in [0, 0.1) is 5.92 Å². The Kier molecular flexibility index (Phi) is 5.27. The second kappa shape index (κ2) is 7.17. The molecule has 0 aliphatic rings. The summed E-state index contributed by atoms with van der Waals surface area (Å²) in [6, 6.07) is 5.46. The number of hydrogen-bond acceptors (Lipinski definition) is 4. The molecule has 0 aliphatic carbocycles. The molecule has 0 aliphatic heterocycles. The summed E-state index contributed by atoms with van der Waals surface area (Å²) in [6.45, 7) is 2.55. The van der Waals surface area contributed by atoms with E-state index < -0.39 is 5.97 Å². The van der Waals surface area contributed by atoms with E-state index in [9.17, 15) is 9.59 Å². The molecule has 1 heterocycles. The Balaban J connectivity index is 1.80. The summed E-state index contributed by atoms with van der Waals surface area (Å²) in [4.78, 5) is 26.7. The first kappa shape index (κ1) is 15.4. The molecule has 0 saturated heterocycles. The zero-order valence-corrected chi connectivity index (χ0v) is 12.7. The average molecular weight is 306 g/mol. The Morgan fingerprint density at radius 3 is 2.95 bits per heavy atom. The highest BCUT2D eigenvalue weighted by molar-refractivity contribution is 7.16. The van der Waals surface area contributed by atoms with Crippen molar-refractivity contribution < 1.29 is 14.7 Å². The molecule has 1 atom stereocenters. The largest absolute Gasteiger partial charge is 0.481 e. The van der Waals surface area contributed by atoms with Crippen LogP contribution in [0.4, 0.5) is 0 Å². The maximum atomic E-state index is 12.0. The van der Waals surface area contributed by atoms with Gasteiger partial charge in [0.05, 0.1) is 15.7 Å². The Bertz CT molecular complexity index is 639. The minimum Gasteiger partial charge on any atom is -0.481 e. The highest BCUT2D eigenvalue weighted by Crippen LogP contribution is 2.19. The highest BCUT2D eigenvalue weighted by Gasteiger charge is 2.09. The zero-order valence-electron chi connectivity index (χ0n) is 11.8. The van der Waals surface area contributed by atoms with Gasteiger partial charge in [0.2, 0.25) is 0 Å². The molecule has 0 fully saturated rings. The van der Waals surface area contributed by atoms with Gasteiger partial charge in [0.15, 0.2) is 0 Å². The molecule has 0 saturated carbocycles. The van der Waals surface area contributed by atoms with E-state index in [4.69, 9.17) is 5.11 Å². The fourth-order valence-corrected chi connectivity index (χ4v) is 2.76. The van der Waals surface area contributed by atoms with E-state index in [1.807, 2.05) is 19.1 Å². The number of nitrogens with one attached hydrogen (secondary N) is 1. The second-order valence-electron chi connectivity index (χ2n) is 5.12. The third-order valence-electron chi connectivity index (χ3n) is 3.37. The topological polar surface area (TPSA) is 79.3 Å². The quantitative estimate of drug-likeness (QED) is 0.824. The number of carbonyl (C=O) groups excluding carboxylic acids is 1. The molecule has 5 nitrogen and oxygen atoms in total. The molecule has 2 aromatic rings. The van der Waals surface area contributed by atoms with E-state index in [1.54, 1.807) is 11.6 Å². The minimum atomic E-state index is -0.774. The monoisotopic (exact) mass is 306 g/mol. The summed E-state index contributed by atoms with van der Waals surface area (Å²) >= 11 is 1.51. The van der Waals surface area contributed by atoms with Crippen LogP contribution in [0.2, 0.25) is 0 Å². The summed E-state index contributed by atoms with van der Waals surface area (Å²) < 4.78 is 0.998. The second-order valence-corrected chi connectivity index (χ2v) is 6.00. The molecular formula is C15H18N2O3S. The van der Waals surface area contributed by atoms with Crippen LogP contribution in [0.1, 0.15) is 36.5 Å². The fraction of sp³-hybridized carbons (Fsp3) is 0.400. The number of aliphatic carboxylic acids is 1. The van der Waals surface area contributed by atoms with E-state index in [0.29, 0.717) is 18.5 Å². The maximum absolute atomic E-state index is 12.0. The van der Waals surface area contributed by atoms with Crippen LogP contribution in [0.15, 0.2) is 23.7 Å². The van der Waals surface area contributed by atoms with Crippen LogP contribution >= 0.6 is 11.3 Å². The van der Waals surface area contributed by atoms with E-state index in [0.717, 1.165) is 16.6 Å². The first-order valence-corrected chi connectivity index (χ1v) is 7.77. The number of fused-ring (bicyclic) bond motifs is 1. The SMILES string of the molecule is CC(CCNC(=O)c1ccc2ncsc2c1)CCC(=O)O. The zero-order chi connectivity index (χ0) is 15.2. The molecule has 0 spiro atoms. The summed E-state index contributed by atoms with van der Waals surface area (Å²) in [7, 11) is 0. The van der Waals surface area contributed by atoms with Crippen LogP contribution in [0.25, 0.3) is 10.2 Å². The summed E-state index contributed by atoms with van der Waals surface area (Å²) in [5, 5.41) is 11.5. The summed E-state index contributed by atoms with van der Waals surface area (Å²) in [6.07, 6.45) is 1.59. The number of benzene rings is 1. The lowest BCUT2D eigenvalue weighted by atomic mass is 10.0. The Morgan fingerprint density at radius 2 is 2.19 bits per heavy atom. The number of nitrogens with zero attached hydrogens (tertiary/aromatic N) is 1. The Morgan fingerprint density at radius 1 is 1.38 bits per heavy atom. The molecule has 1 aromatic heterocycles. The number of carbonyl (C=O) groups is 2. The van der Waals surface area contributed by atoms with Gasteiger partial charge in [-0.3, -0.25) is 9.59 Å². The molecule has 2 rings (SSSR count). The van der Waals surface area contributed by atoms with Crippen molar-refractivity contribution in [2.24, 2.45) is 5.92 Å². The van der Waals surface area contributed by atoms with Gasteiger partial charge in [0.1, 0.15) is 0 Å². The van der Waals surface area contributed by atoms with Gasteiger partial charge >= 0.3 is 5.97 Å². The standard InChI is InChI=1S/C15H18N2O3S/c1-10(2-5-14(18)19)6-7-16-15(20)11-3-4-12-13(8-11)21-9-17-12/h3-4,8-10H,2,5-7H2,1H3,(H,16,20)(H,18,19). The van der Waals surface area contributed by atoms with Crippen molar-refractivity contribution in [2.75, 3.05) is 6.54 Å². The van der Waals surface area contributed by atoms with Crippen molar-refractivity contribution in [3.63, 3.8) is 0 Å². The van der Waals surface area contributed by atoms with E-state index in [1.165, 1.54) is 11.3 Å². The average Bonchev–Trinajstić information content (AvgIpc) is 2.92. The Labute approximate surface area is 127 Å². The van der Waals surface area contributed by atoms with Crippen molar-refractivity contribution in [2.45, 2.75) is 26.2 Å². The summed E-state index contributed by atoms with van der Waals surface area (Å²) in [5.41, 5.74) is 3.29. The van der Waals surface area contributed by atoms with Crippen LogP contribution in [-0.4, -0.2) is 28.5 Å². The third kappa shape index (κ3) is 4.53. The number of carboxylic acid groups (broad SMARTS) is 1. The molecule has 6 heteroatoms. The van der Waals surface area contributed by atoms with Gasteiger partial charge in [-0.1, -0.05) is 6.92 Å². The van der Waals surface area contributed by atoms with Gasteiger partial charge in [-0.15, -0.1) is 11.3 Å². The number of hydrogen-bond donors (Lipinski definition) is 2. The molecule has 0 bridgehead atoms. The minimum absolute atomic E-state index is 0.101. The molecule has 21 heavy (non-hydrogen) atoms. The van der Waals surface area contributed by atoms with Gasteiger partial charge in [-0.25, -0.2) is 4.98 Å². The lowest BCUT2D eigenvalue weighted by Crippen LogP contribution is -2.25. The fourth-order valence-electron chi connectivity index (χ4n) is 2.04. The highest BCUT2D eigenvalue weighted by atomic mass is 32.1. The van der Waals surface area contributed by atoms with Crippen molar-refractivity contribution >= 4 is 33.4 Å². The smallest absolute Gasteiger partial charge is 0.303 e. The first-order chi connectivity index (χ1) is 10.1. The normalized spacial score (nSPS) is 12.2. The van der Waals surface area contributed by atoms with Crippen LogP contribution in [-0.2, 0) is 4.79 Å². The number of carboxylic acids is 1. The van der Waals surface area contributed by atoms with E-state index in [2.05, 4.69) is 10.3 Å². The lowest BCUT2D eigenvalue weighted by Gasteiger charge is -2.10. The van der Waals surface area contributed by atoms with Crippen LogP contribution in [0.5, 0.6) is 0 Å². The molecule has 1 unspecified atom stereocenters. The molecule has 1 aromatic carbocycles. The maximum Gasteiger partial charge on any atom is 0.303 e. The number of aromatic nitrogens is 1. The van der Waals surface area contributed by atoms with Crippen LogP contribution in [0.3, 0.4) is 0 Å². The van der Waals surface area contributed by atoms with E-state index in [-0.39, 0.29) is 18.2 Å². The number of rotatable bonds is 7. The third-order valence-corrected chi connectivity index (χ3v) is 4.16. The molecule has 0 radical (unpaired) electrons. The molecule has 112 valence electrons. The van der Waals surface area contributed by atoms with Gasteiger partial charge in [-0.05, 0) is 37.0 Å². The van der Waals surface area contributed by atoms with Crippen LogP contribution < -0.4 is 5.32 Å². The predicted molar refractivity (Wildman–Crippen MR) is 82.6 cm³/mol. The number of thiazole rings is 1. The lowest BCUT2D eigenvalue weighted by molar-refractivity contribution is -0.137. The predicted octanol–water partition coefficient (Wildman–Crippen LogP) is 2.92.